The van der Waals surface area contributed by atoms with Crippen LogP contribution < -0.4 is 5.73 Å². The van der Waals surface area contributed by atoms with Crippen LogP contribution >= 0.6 is 43.2 Å². The Morgan fingerprint density at radius 3 is 2.64 bits per heavy atom. The number of hydrogen-bond donors (Lipinski definition) is 1. The molecule has 2 N–H and O–H groups in total. The summed E-state index contributed by atoms with van der Waals surface area (Å²) in [5.41, 5.74) is 5.66. The van der Waals surface area contributed by atoms with Gasteiger partial charge in [-0.25, -0.2) is 0 Å². The third-order valence-corrected chi connectivity index (χ3v) is 4.50. The molecule has 4 heteroatoms. The fourth-order valence-corrected chi connectivity index (χ4v) is 3.13. The van der Waals surface area contributed by atoms with Gasteiger partial charge in [0.15, 0.2) is 0 Å². The quantitative estimate of drug-likeness (QED) is 0.892. The maximum atomic E-state index is 5.66. The molecule has 11 heavy (non-hydrogen) atoms. The molecule has 62 valence electrons. The SMILES string of the molecule is CC(N)Cc1cc(Br)c(Br)s1. The molecule has 1 heterocycles. The molecule has 0 aromatic carbocycles. The molecular formula is C7H9Br2NS. The van der Waals surface area contributed by atoms with Crippen LogP contribution in [0, 0.1) is 0 Å². The van der Waals surface area contributed by atoms with Crippen LogP contribution in [0.5, 0.6) is 0 Å². The van der Waals surface area contributed by atoms with Crippen molar-refractivity contribution in [3.05, 3.63) is 19.2 Å². The summed E-state index contributed by atoms with van der Waals surface area (Å²) in [6.07, 6.45) is 0.953. The standard InChI is InChI=1S/C7H9Br2NS/c1-4(10)2-5-3-6(8)7(9)11-5/h3-4H,2,10H2,1H3. The third kappa shape index (κ3) is 2.86. The summed E-state index contributed by atoms with van der Waals surface area (Å²) in [4.78, 5) is 1.32. The lowest BCUT2D eigenvalue weighted by atomic mass is 10.2. The molecule has 1 atom stereocenters. The number of hydrogen-bond acceptors (Lipinski definition) is 2. The fourth-order valence-electron chi connectivity index (χ4n) is 0.809. The van der Waals surface area contributed by atoms with Crippen molar-refractivity contribution >= 4 is 43.2 Å². The van der Waals surface area contributed by atoms with Gasteiger partial charge in [0.1, 0.15) is 0 Å². The van der Waals surface area contributed by atoms with Crippen molar-refractivity contribution in [2.24, 2.45) is 5.73 Å². The largest absolute Gasteiger partial charge is 0.328 e. The average molecular weight is 299 g/mol. The number of nitrogens with two attached hydrogens (primary N) is 1. The van der Waals surface area contributed by atoms with Gasteiger partial charge < -0.3 is 5.73 Å². The van der Waals surface area contributed by atoms with Crippen molar-refractivity contribution < 1.29 is 0 Å². The number of thiophene rings is 1. The summed E-state index contributed by atoms with van der Waals surface area (Å²) >= 11 is 8.60. The Balaban J connectivity index is 2.73. The van der Waals surface area contributed by atoms with Crippen LogP contribution in [0.4, 0.5) is 0 Å². The van der Waals surface area contributed by atoms with Crippen molar-refractivity contribution in [1.29, 1.82) is 0 Å². The van der Waals surface area contributed by atoms with E-state index in [4.69, 9.17) is 5.73 Å². The first-order valence-electron chi connectivity index (χ1n) is 3.29. The van der Waals surface area contributed by atoms with Gasteiger partial charge in [-0.3, -0.25) is 0 Å². The number of rotatable bonds is 2. The third-order valence-electron chi connectivity index (χ3n) is 1.22. The summed E-state index contributed by atoms with van der Waals surface area (Å²) in [5.74, 6) is 0. The maximum Gasteiger partial charge on any atom is 0.0843 e. The van der Waals surface area contributed by atoms with E-state index < -0.39 is 0 Å². The Labute approximate surface area is 87.2 Å². The van der Waals surface area contributed by atoms with Crippen molar-refractivity contribution in [3.63, 3.8) is 0 Å². The van der Waals surface area contributed by atoms with Gasteiger partial charge in [-0.05, 0) is 51.3 Å². The van der Waals surface area contributed by atoms with Crippen LogP contribution in [0.1, 0.15) is 11.8 Å². The second kappa shape index (κ2) is 4.03. The lowest BCUT2D eigenvalue weighted by Crippen LogP contribution is -2.16. The van der Waals surface area contributed by atoms with Gasteiger partial charge in [0.05, 0.1) is 3.79 Å². The molecule has 0 fully saturated rings. The molecule has 1 aromatic rings. The molecule has 0 radical (unpaired) electrons. The molecule has 1 nitrogen and oxygen atoms in total. The maximum absolute atomic E-state index is 5.66. The van der Waals surface area contributed by atoms with Gasteiger partial charge in [0, 0.05) is 15.4 Å². The van der Waals surface area contributed by atoms with Crippen LogP contribution in [0.15, 0.2) is 14.3 Å². The highest BCUT2D eigenvalue weighted by molar-refractivity contribution is 9.13. The molecular weight excluding hydrogens is 290 g/mol. The van der Waals surface area contributed by atoms with Gasteiger partial charge in [0.2, 0.25) is 0 Å². The average Bonchev–Trinajstić information content (AvgIpc) is 2.10. The predicted octanol–water partition coefficient (Wildman–Crippen LogP) is 3.16. The zero-order chi connectivity index (χ0) is 8.43. The van der Waals surface area contributed by atoms with Crippen LogP contribution in [0.2, 0.25) is 0 Å². The van der Waals surface area contributed by atoms with E-state index in [1.807, 2.05) is 6.92 Å². The van der Waals surface area contributed by atoms with E-state index in [-0.39, 0.29) is 6.04 Å². The van der Waals surface area contributed by atoms with E-state index in [0.717, 1.165) is 14.7 Å². The second-order valence-corrected chi connectivity index (χ2v) is 5.82. The topological polar surface area (TPSA) is 26.0 Å². The molecule has 1 aromatic heterocycles. The van der Waals surface area contributed by atoms with E-state index in [2.05, 4.69) is 37.9 Å². The Morgan fingerprint density at radius 1 is 1.64 bits per heavy atom. The number of halogens is 2. The highest BCUT2D eigenvalue weighted by Crippen LogP contribution is 2.32. The van der Waals surface area contributed by atoms with Crippen molar-refractivity contribution in [3.8, 4) is 0 Å². The summed E-state index contributed by atoms with van der Waals surface area (Å²) in [6.45, 7) is 2.02. The highest BCUT2D eigenvalue weighted by atomic mass is 79.9. The normalized spacial score (nSPS) is 13.5. The summed E-state index contributed by atoms with van der Waals surface area (Å²) in [6, 6.07) is 2.35. The highest BCUT2D eigenvalue weighted by Gasteiger charge is 2.05. The summed E-state index contributed by atoms with van der Waals surface area (Å²) < 4.78 is 2.27. The van der Waals surface area contributed by atoms with Gasteiger partial charge in [0.25, 0.3) is 0 Å². The van der Waals surface area contributed by atoms with E-state index in [0.29, 0.717) is 0 Å². The first-order chi connectivity index (χ1) is 5.09. The fraction of sp³-hybridized carbons (Fsp3) is 0.429. The van der Waals surface area contributed by atoms with Crippen molar-refractivity contribution in [1.82, 2.24) is 0 Å². The minimum atomic E-state index is 0.243. The molecule has 0 aliphatic carbocycles. The molecule has 0 bridgehead atoms. The van der Waals surface area contributed by atoms with E-state index in [9.17, 15) is 0 Å². The Bertz CT molecular complexity index is 225. The van der Waals surface area contributed by atoms with Crippen LogP contribution in [0.25, 0.3) is 0 Å². The zero-order valence-electron chi connectivity index (χ0n) is 6.10. The zero-order valence-corrected chi connectivity index (χ0v) is 10.1. The minimum absolute atomic E-state index is 0.243. The molecule has 0 saturated carbocycles. The van der Waals surface area contributed by atoms with Crippen LogP contribution in [-0.2, 0) is 6.42 Å². The summed E-state index contributed by atoms with van der Waals surface area (Å²) in [5, 5.41) is 0. The predicted molar refractivity (Wildman–Crippen MR) is 57.1 cm³/mol. The molecule has 0 aliphatic rings. The minimum Gasteiger partial charge on any atom is -0.328 e. The smallest absolute Gasteiger partial charge is 0.0843 e. The van der Waals surface area contributed by atoms with Gasteiger partial charge in [-0.2, -0.15) is 0 Å². The second-order valence-electron chi connectivity index (χ2n) is 2.52. The molecule has 0 saturated heterocycles. The van der Waals surface area contributed by atoms with Crippen molar-refractivity contribution in [2.75, 3.05) is 0 Å². The molecule has 1 rings (SSSR count). The Morgan fingerprint density at radius 2 is 2.27 bits per heavy atom. The Hall–Kier alpha value is 0.620. The van der Waals surface area contributed by atoms with Crippen molar-refractivity contribution in [2.45, 2.75) is 19.4 Å². The lowest BCUT2D eigenvalue weighted by Gasteiger charge is -1.99. The first kappa shape index (κ1) is 9.71. The van der Waals surface area contributed by atoms with E-state index >= 15 is 0 Å². The lowest BCUT2D eigenvalue weighted by molar-refractivity contribution is 0.746. The molecule has 0 amide bonds. The summed E-state index contributed by atoms with van der Waals surface area (Å²) in [7, 11) is 0. The van der Waals surface area contributed by atoms with Gasteiger partial charge in [-0.15, -0.1) is 11.3 Å². The van der Waals surface area contributed by atoms with Crippen LogP contribution in [-0.4, -0.2) is 6.04 Å². The molecule has 0 spiro atoms. The molecule has 0 aliphatic heterocycles. The first-order valence-corrected chi connectivity index (χ1v) is 5.69. The van der Waals surface area contributed by atoms with E-state index in [1.165, 1.54) is 4.88 Å². The monoisotopic (exact) mass is 297 g/mol. The van der Waals surface area contributed by atoms with Gasteiger partial charge >= 0.3 is 0 Å². The van der Waals surface area contributed by atoms with Gasteiger partial charge in [-0.1, -0.05) is 0 Å². The van der Waals surface area contributed by atoms with E-state index in [1.54, 1.807) is 11.3 Å². The molecule has 1 unspecified atom stereocenters. The Kier molecular flexibility index (Phi) is 3.55. The van der Waals surface area contributed by atoms with Crippen LogP contribution in [0.3, 0.4) is 0 Å².